The third kappa shape index (κ3) is 4.68. The maximum atomic E-state index is 13.1. The molecule has 0 atom stereocenters. The highest BCUT2D eigenvalue weighted by Crippen LogP contribution is 2.28. The molecule has 1 aliphatic rings. The van der Waals surface area contributed by atoms with E-state index in [4.69, 9.17) is 23.8 Å². The van der Waals surface area contributed by atoms with Crippen LogP contribution in [0.2, 0.25) is 5.02 Å². The zero-order valence-electron chi connectivity index (χ0n) is 13.3. The quantitative estimate of drug-likeness (QED) is 0.398. The number of rotatable bonds is 2. The van der Waals surface area contributed by atoms with Crippen molar-refractivity contribution in [1.82, 2.24) is 10.9 Å². The molecule has 0 unspecified atom stereocenters. The van der Waals surface area contributed by atoms with Crippen LogP contribution in [0.4, 0.5) is 10.1 Å². The number of hydrogen-bond acceptors (Lipinski definition) is 3. The van der Waals surface area contributed by atoms with Crippen molar-refractivity contribution in [3.05, 3.63) is 50.4 Å². The van der Waals surface area contributed by atoms with Crippen LogP contribution in [0.25, 0.3) is 0 Å². The number of aryl methyl sites for hydroxylation is 2. The highest BCUT2D eigenvalue weighted by atomic mass is 35.5. The minimum atomic E-state index is -0.503. The van der Waals surface area contributed by atoms with Crippen LogP contribution in [0.15, 0.2) is 24.3 Å². The zero-order chi connectivity index (χ0) is 17.8. The van der Waals surface area contributed by atoms with Gasteiger partial charge in [-0.1, -0.05) is 18.0 Å². The van der Waals surface area contributed by atoms with E-state index in [1.165, 1.54) is 47.9 Å². The van der Waals surface area contributed by atoms with Gasteiger partial charge in [0, 0.05) is 10.6 Å². The first-order chi connectivity index (χ1) is 12.0. The van der Waals surface area contributed by atoms with Crippen LogP contribution in [0.1, 0.15) is 39.4 Å². The first kappa shape index (κ1) is 18.1. The van der Waals surface area contributed by atoms with Gasteiger partial charge in [0.05, 0.1) is 9.90 Å². The lowest BCUT2D eigenvalue weighted by Gasteiger charge is -2.11. The Morgan fingerprint density at radius 2 is 1.96 bits per heavy atom. The summed E-state index contributed by atoms with van der Waals surface area (Å²) in [5, 5.41) is 3.02. The highest BCUT2D eigenvalue weighted by Gasteiger charge is 2.16. The minimum absolute atomic E-state index is 0.00285. The van der Waals surface area contributed by atoms with Gasteiger partial charge in [-0.05, 0) is 67.7 Å². The molecule has 1 aliphatic carbocycles. The van der Waals surface area contributed by atoms with E-state index in [0.29, 0.717) is 10.6 Å². The maximum absolute atomic E-state index is 13.1. The van der Waals surface area contributed by atoms with E-state index in [0.717, 1.165) is 12.8 Å². The van der Waals surface area contributed by atoms with Gasteiger partial charge < -0.3 is 5.32 Å². The summed E-state index contributed by atoms with van der Waals surface area (Å²) in [6.45, 7) is 0. The summed E-state index contributed by atoms with van der Waals surface area (Å²) in [7, 11) is 0. The summed E-state index contributed by atoms with van der Waals surface area (Å²) in [6, 6.07) is 6.14. The lowest BCUT2D eigenvalue weighted by atomic mass is 10.1. The van der Waals surface area contributed by atoms with Crippen molar-refractivity contribution >= 4 is 51.9 Å². The summed E-state index contributed by atoms with van der Waals surface area (Å²) in [5.74, 6) is -0.726. The van der Waals surface area contributed by atoms with Crippen LogP contribution in [0, 0.1) is 5.82 Å². The molecular weight excluding hydrogens is 381 g/mol. The third-order valence-corrected chi connectivity index (χ3v) is 5.67. The molecule has 8 heteroatoms. The number of thiophene rings is 1. The van der Waals surface area contributed by atoms with Crippen LogP contribution in [0.3, 0.4) is 0 Å². The fourth-order valence-corrected chi connectivity index (χ4v) is 4.19. The van der Waals surface area contributed by atoms with Crippen molar-refractivity contribution in [1.29, 1.82) is 0 Å². The molecule has 25 heavy (non-hydrogen) atoms. The van der Waals surface area contributed by atoms with E-state index < -0.39 is 5.82 Å². The number of halogens is 2. The Hall–Kier alpha value is -1.70. The molecule has 132 valence electrons. The Morgan fingerprint density at radius 1 is 1.16 bits per heavy atom. The third-order valence-electron chi connectivity index (χ3n) is 3.94. The summed E-state index contributed by atoms with van der Waals surface area (Å²) < 4.78 is 13.1. The van der Waals surface area contributed by atoms with E-state index in [1.54, 1.807) is 11.3 Å². The average Bonchev–Trinajstić information content (AvgIpc) is 2.87. The van der Waals surface area contributed by atoms with E-state index in [-0.39, 0.29) is 16.0 Å². The SMILES string of the molecule is O=C(NNC(=S)Nc1ccc(F)c(Cl)c1)c1cc2c(s1)CCCCC2. The van der Waals surface area contributed by atoms with Crippen LogP contribution in [-0.4, -0.2) is 11.0 Å². The van der Waals surface area contributed by atoms with Gasteiger partial charge in [-0.3, -0.25) is 15.6 Å². The fraction of sp³-hybridized carbons (Fsp3) is 0.294. The van der Waals surface area contributed by atoms with Crippen molar-refractivity contribution in [2.45, 2.75) is 32.1 Å². The molecule has 4 nitrogen and oxygen atoms in total. The molecule has 1 heterocycles. The van der Waals surface area contributed by atoms with Crippen LogP contribution >= 0.6 is 35.2 Å². The molecule has 1 aromatic carbocycles. The molecule has 1 amide bonds. The number of hydrogen-bond donors (Lipinski definition) is 3. The molecule has 2 aromatic rings. The predicted molar refractivity (Wildman–Crippen MR) is 104 cm³/mol. The molecule has 0 bridgehead atoms. The molecule has 0 fully saturated rings. The number of nitrogens with one attached hydrogen (secondary N) is 3. The number of carbonyl (C=O) groups is 1. The number of anilines is 1. The van der Waals surface area contributed by atoms with E-state index >= 15 is 0 Å². The minimum Gasteiger partial charge on any atom is -0.331 e. The molecular formula is C17H17ClFN3OS2. The second kappa shape index (κ2) is 8.12. The van der Waals surface area contributed by atoms with E-state index in [1.807, 2.05) is 6.07 Å². The summed E-state index contributed by atoms with van der Waals surface area (Å²) in [5.41, 5.74) is 7.04. The van der Waals surface area contributed by atoms with Crippen molar-refractivity contribution in [2.75, 3.05) is 5.32 Å². The first-order valence-corrected chi connectivity index (χ1v) is 9.57. The lowest BCUT2D eigenvalue weighted by Crippen LogP contribution is -2.43. The van der Waals surface area contributed by atoms with Gasteiger partial charge in [-0.25, -0.2) is 4.39 Å². The number of amides is 1. The van der Waals surface area contributed by atoms with Gasteiger partial charge in [-0.15, -0.1) is 11.3 Å². The summed E-state index contributed by atoms with van der Waals surface area (Å²) in [6.07, 6.45) is 5.69. The number of carbonyl (C=O) groups excluding carboxylic acids is 1. The number of benzene rings is 1. The number of hydrazine groups is 1. The Balaban J connectivity index is 1.55. The molecule has 0 saturated carbocycles. The molecule has 0 radical (unpaired) electrons. The second-order valence-corrected chi connectivity index (χ2v) is 7.73. The normalized spacial score (nSPS) is 13.5. The molecule has 0 aliphatic heterocycles. The van der Waals surface area contributed by atoms with Gasteiger partial charge in [0.25, 0.3) is 5.91 Å². The molecule has 3 N–H and O–H groups in total. The van der Waals surface area contributed by atoms with Crippen molar-refractivity contribution in [3.63, 3.8) is 0 Å². The van der Waals surface area contributed by atoms with Crippen molar-refractivity contribution < 1.29 is 9.18 Å². The van der Waals surface area contributed by atoms with Crippen molar-refractivity contribution in [2.24, 2.45) is 0 Å². The monoisotopic (exact) mass is 397 g/mol. The van der Waals surface area contributed by atoms with Crippen LogP contribution in [-0.2, 0) is 12.8 Å². The summed E-state index contributed by atoms with van der Waals surface area (Å²) >= 11 is 12.4. The van der Waals surface area contributed by atoms with Gasteiger partial charge >= 0.3 is 0 Å². The maximum Gasteiger partial charge on any atom is 0.279 e. The number of thiocarbonyl (C=S) groups is 1. The molecule has 0 saturated heterocycles. The Bertz CT molecular complexity index is 786. The Labute approximate surface area is 159 Å². The predicted octanol–water partition coefficient (Wildman–Crippen LogP) is 4.44. The van der Waals surface area contributed by atoms with Crippen LogP contribution < -0.4 is 16.2 Å². The number of fused-ring (bicyclic) bond motifs is 1. The summed E-state index contributed by atoms with van der Waals surface area (Å²) in [4.78, 5) is 14.3. The van der Waals surface area contributed by atoms with E-state index in [2.05, 4.69) is 16.2 Å². The van der Waals surface area contributed by atoms with Gasteiger partial charge in [-0.2, -0.15) is 0 Å². The van der Waals surface area contributed by atoms with Gasteiger partial charge in [0.15, 0.2) is 5.11 Å². The Kier molecular flexibility index (Phi) is 5.88. The smallest absolute Gasteiger partial charge is 0.279 e. The van der Waals surface area contributed by atoms with Crippen LogP contribution in [0.5, 0.6) is 0 Å². The molecule has 0 spiro atoms. The fourth-order valence-electron chi connectivity index (χ4n) is 2.69. The first-order valence-electron chi connectivity index (χ1n) is 7.97. The van der Waals surface area contributed by atoms with E-state index in [9.17, 15) is 9.18 Å². The van der Waals surface area contributed by atoms with Crippen molar-refractivity contribution in [3.8, 4) is 0 Å². The largest absolute Gasteiger partial charge is 0.331 e. The lowest BCUT2D eigenvalue weighted by molar-refractivity contribution is 0.0948. The molecule has 3 rings (SSSR count). The highest BCUT2D eigenvalue weighted by molar-refractivity contribution is 7.80. The molecule has 1 aromatic heterocycles. The topological polar surface area (TPSA) is 53.2 Å². The van der Waals surface area contributed by atoms with Gasteiger partial charge in [0.2, 0.25) is 0 Å². The zero-order valence-corrected chi connectivity index (χ0v) is 15.7. The standard InChI is InChI=1S/C17H17ClFN3OS2/c18-12-9-11(6-7-13(12)19)20-17(24)22-21-16(23)15-8-10-4-2-1-3-5-14(10)25-15/h6-9H,1-5H2,(H,21,23)(H2,20,22,24). The second-order valence-electron chi connectivity index (χ2n) is 5.78. The Morgan fingerprint density at radius 3 is 2.76 bits per heavy atom. The van der Waals surface area contributed by atoms with Gasteiger partial charge in [0.1, 0.15) is 5.82 Å². The average molecular weight is 398 g/mol.